The molecule has 9 heteroatoms. The van der Waals surface area contributed by atoms with Crippen molar-refractivity contribution in [1.29, 1.82) is 0 Å². The van der Waals surface area contributed by atoms with Crippen LogP contribution in [-0.2, 0) is 16.7 Å². The molecular weight excluding hydrogens is 387 g/mol. The Morgan fingerprint density at radius 3 is 2.76 bits per heavy atom. The van der Waals surface area contributed by atoms with Crippen LogP contribution in [0.25, 0.3) is 0 Å². The number of hydrogen-bond donors (Lipinski definition) is 1. The number of aromatic nitrogens is 1. The normalized spacial score (nSPS) is 19.2. The lowest BCUT2D eigenvalue weighted by Gasteiger charge is -2.33. The number of amidine groups is 1. The molecule has 0 amide bonds. The monoisotopic (exact) mass is 407 g/mol. The Labute approximate surface area is 165 Å². The number of rotatable bonds is 6. The smallest absolute Gasteiger partial charge is 0.269 e. The number of nitrogens with two attached hydrogens (primary N) is 1. The second-order valence-electron chi connectivity index (χ2n) is 6.78. The number of hydrogen-bond acceptors (Lipinski definition) is 6. The number of methoxy groups -OCH3 is 1. The standard InChI is InChI=1S/C20H20F3N3O3/c1-11-5-13(28-2)8-25-18(11)16(27)7-12-3-4-15(21)14(6-12)20(19(22)23)10-29-9-17(24)26-20/h3-6,8,19H,7,9-10H2,1-2H3,(H2,24,26)/t20-/m0/s1. The average molecular weight is 407 g/mol. The molecular formula is C20H20F3N3O3. The fourth-order valence-electron chi connectivity index (χ4n) is 3.24. The predicted molar refractivity (Wildman–Crippen MR) is 100 cm³/mol. The molecule has 6 nitrogen and oxygen atoms in total. The summed E-state index contributed by atoms with van der Waals surface area (Å²) in [5, 5.41) is 0. The molecule has 1 aliphatic rings. The average Bonchev–Trinajstić information content (AvgIpc) is 2.68. The molecule has 0 aliphatic carbocycles. The number of nitrogens with zero attached hydrogens (tertiary/aromatic N) is 2. The van der Waals surface area contributed by atoms with Crippen molar-refractivity contribution in [1.82, 2.24) is 4.98 Å². The van der Waals surface area contributed by atoms with Gasteiger partial charge in [0.05, 0.1) is 19.9 Å². The molecule has 2 N–H and O–H groups in total. The molecule has 0 bridgehead atoms. The van der Waals surface area contributed by atoms with Gasteiger partial charge in [-0.3, -0.25) is 9.79 Å². The summed E-state index contributed by atoms with van der Waals surface area (Å²) in [5.41, 5.74) is 4.14. The maximum atomic E-state index is 14.5. The zero-order chi connectivity index (χ0) is 21.2. The van der Waals surface area contributed by atoms with Crippen LogP contribution in [0.2, 0.25) is 0 Å². The molecule has 0 spiro atoms. The van der Waals surface area contributed by atoms with E-state index in [-0.39, 0.29) is 35.9 Å². The van der Waals surface area contributed by atoms with Crippen molar-refractivity contribution < 1.29 is 27.4 Å². The number of benzene rings is 1. The SMILES string of the molecule is COc1cnc(C(=O)Cc2ccc(F)c([C@]3(C(F)F)COCC(N)=N3)c2)c(C)c1. The Morgan fingerprint density at radius 1 is 1.38 bits per heavy atom. The topological polar surface area (TPSA) is 86.8 Å². The summed E-state index contributed by atoms with van der Waals surface area (Å²) in [6.45, 7) is 1.09. The highest BCUT2D eigenvalue weighted by Crippen LogP contribution is 2.37. The lowest BCUT2D eigenvalue weighted by molar-refractivity contribution is -0.0146. The van der Waals surface area contributed by atoms with E-state index in [2.05, 4.69) is 9.98 Å². The number of ether oxygens (including phenoxy) is 2. The first-order valence-corrected chi connectivity index (χ1v) is 8.79. The number of Topliss-reactive ketones (excluding diaryl/α,β-unsaturated/α-hetero) is 1. The van der Waals surface area contributed by atoms with Crippen LogP contribution in [0.1, 0.15) is 27.2 Å². The third kappa shape index (κ3) is 4.09. The van der Waals surface area contributed by atoms with Crippen LogP contribution in [0.5, 0.6) is 5.75 Å². The lowest BCUT2D eigenvalue weighted by Crippen LogP contribution is -2.45. The molecule has 0 radical (unpaired) electrons. The van der Waals surface area contributed by atoms with Gasteiger partial charge >= 0.3 is 0 Å². The van der Waals surface area contributed by atoms with Crippen LogP contribution < -0.4 is 10.5 Å². The largest absolute Gasteiger partial charge is 0.495 e. The highest BCUT2D eigenvalue weighted by Gasteiger charge is 2.46. The van der Waals surface area contributed by atoms with E-state index in [1.807, 2.05) is 0 Å². The molecule has 1 aromatic heterocycles. The molecule has 154 valence electrons. The minimum absolute atomic E-state index is 0.101. The molecule has 0 unspecified atom stereocenters. The van der Waals surface area contributed by atoms with Gasteiger partial charge in [0.15, 0.2) is 11.3 Å². The summed E-state index contributed by atoms with van der Waals surface area (Å²) in [4.78, 5) is 20.6. The second-order valence-corrected chi connectivity index (χ2v) is 6.78. The quantitative estimate of drug-likeness (QED) is 0.744. The Balaban J connectivity index is 1.95. The highest BCUT2D eigenvalue weighted by atomic mass is 19.3. The minimum Gasteiger partial charge on any atom is -0.495 e. The number of aryl methyl sites for hydroxylation is 1. The van der Waals surface area contributed by atoms with Gasteiger partial charge in [0.2, 0.25) is 0 Å². The van der Waals surface area contributed by atoms with Crippen LogP contribution >= 0.6 is 0 Å². The first kappa shape index (κ1) is 20.8. The number of pyridine rings is 1. The molecule has 1 aromatic carbocycles. The maximum absolute atomic E-state index is 14.5. The van der Waals surface area contributed by atoms with Gasteiger partial charge in [0, 0.05) is 12.0 Å². The van der Waals surface area contributed by atoms with E-state index in [9.17, 15) is 18.0 Å². The predicted octanol–water partition coefficient (Wildman–Crippen LogP) is 2.81. The van der Waals surface area contributed by atoms with Crippen LogP contribution in [-0.4, -0.2) is 43.4 Å². The molecule has 0 saturated heterocycles. The second kappa shape index (κ2) is 8.20. The molecule has 1 atom stereocenters. The van der Waals surface area contributed by atoms with Crippen LogP contribution in [0.3, 0.4) is 0 Å². The van der Waals surface area contributed by atoms with Crippen LogP contribution in [0, 0.1) is 12.7 Å². The molecule has 29 heavy (non-hydrogen) atoms. The Bertz CT molecular complexity index is 965. The van der Waals surface area contributed by atoms with E-state index >= 15 is 0 Å². The van der Waals surface area contributed by atoms with E-state index in [1.54, 1.807) is 13.0 Å². The maximum Gasteiger partial charge on any atom is 0.269 e. The van der Waals surface area contributed by atoms with E-state index in [0.717, 1.165) is 6.07 Å². The Hall–Kier alpha value is -2.94. The minimum atomic E-state index is -3.05. The molecule has 0 fully saturated rings. The summed E-state index contributed by atoms with van der Waals surface area (Å²) in [6.07, 6.45) is -1.78. The van der Waals surface area contributed by atoms with Gasteiger partial charge in [-0.25, -0.2) is 18.2 Å². The molecule has 3 rings (SSSR count). The van der Waals surface area contributed by atoms with Gasteiger partial charge < -0.3 is 15.2 Å². The van der Waals surface area contributed by atoms with Crippen LogP contribution in [0.4, 0.5) is 13.2 Å². The summed E-state index contributed by atoms with van der Waals surface area (Å²) in [5.74, 6) is -0.843. The number of halogens is 3. The van der Waals surface area contributed by atoms with E-state index in [0.29, 0.717) is 16.9 Å². The van der Waals surface area contributed by atoms with Crippen molar-refractivity contribution in [3.05, 3.63) is 58.7 Å². The summed E-state index contributed by atoms with van der Waals surface area (Å²) in [6, 6.07) is 5.28. The Kier molecular flexibility index (Phi) is 5.88. The van der Waals surface area contributed by atoms with Gasteiger partial charge in [-0.05, 0) is 36.2 Å². The summed E-state index contributed by atoms with van der Waals surface area (Å²) < 4.78 is 52.5. The zero-order valence-corrected chi connectivity index (χ0v) is 15.9. The van der Waals surface area contributed by atoms with Crippen LogP contribution in [0.15, 0.2) is 35.5 Å². The van der Waals surface area contributed by atoms with Gasteiger partial charge in [-0.1, -0.05) is 6.07 Å². The number of carbonyl (C=O) groups excluding carboxylic acids is 1. The van der Waals surface area contributed by atoms with Crippen molar-refractivity contribution >= 4 is 11.6 Å². The Morgan fingerprint density at radius 2 is 2.14 bits per heavy atom. The van der Waals surface area contributed by atoms with E-state index in [4.69, 9.17) is 15.2 Å². The first-order valence-electron chi connectivity index (χ1n) is 8.79. The van der Waals surface area contributed by atoms with Gasteiger partial charge in [0.1, 0.15) is 29.7 Å². The van der Waals surface area contributed by atoms with E-state index in [1.165, 1.54) is 25.4 Å². The van der Waals surface area contributed by atoms with Gasteiger partial charge in [-0.2, -0.15) is 0 Å². The van der Waals surface area contributed by atoms with Crippen molar-refractivity contribution in [3.8, 4) is 5.75 Å². The lowest BCUT2D eigenvalue weighted by atomic mass is 9.88. The van der Waals surface area contributed by atoms with Crippen molar-refractivity contribution in [2.24, 2.45) is 10.7 Å². The summed E-state index contributed by atoms with van der Waals surface area (Å²) >= 11 is 0. The van der Waals surface area contributed by atoms with Gasteiger partial charge in [-0.15, -0.1) is 0 Å². The van der Waals surface area contributed by atoms with Crippen molar-refractivity contribution in [2.75, 3.05) is 20.3 Å². The van der Waals surface area contributed by atoms with Crippen molar-refractivity contribution in [3.63, 3.8) is 0 Å². The first-order chi connectivity index (χ1) is 13.8. The third-order valence-corrected chi connectivity index (χ3v) is 4.69. The fourth-order valence-corrected chi connectivity index (χ4v) is 3.24. The van der Waals surface area contributed by atoms with Crippen molar-refractivity contribution in [2.45, 2.75) is 25.3 Å². The number of ketones is 1. The third-order valence-electron chi connectivity index (χ3n) is 4.69. The molecule has 2 aromatic rings. The fraction of sp³-hybridized carbons (Fsp3) is 0.350. The number of alkyl halides is 2. The van der Waals surface area contributed by atoms with E-state index < -0.39 is 24.4 Å². The molecule has 2 heterocycles. The number of carbonyl (C=O) groups is 1. The molecule has 0 saturated carbocycles. The molecule has 1 aliphatic heterocycles. The zero-order valence-electron chi connectivity index (χ0n) is 15.9. The number of aliphatic imine (C=N–C) groups is 1. The van der Waals surface area contributed by atoms with Gasteiger partial charge in [0.25, 0.3) is 6.43 Å². The summed E-state index contributed by atoms with van der Waals surface area (Å²) in [7, 11) is 1.49. The highest BCUT2D eigenvalue weighted by molar-refractivity contribution is 5.97.